The van der Waals surface area contributed by atoms with E-state index in [9.17, 15) is 43.2 Å². The molecule has 0 bridgehead atoms. The molecule has 0 spiro atoms. The molecule has 5 unspecified atom stereocenters. The lowest BCUT2D eigenvalue weighted by Gasteiger charge is -2.21. The van der Waals surface area contributed by atoms with Crippen LogP contribution in [0, 0.1) is 0 Å². The van der Waals surface area contributed by atoms with Crippen molar-refractivity contribution in [3.05, 3.63) is 158 Å². The molecule has 0 aromatic rings. The first kappa shape index (κ1) is 98.7. The van der Waals surface area contributed by atoms with E-state index < -0.39 is 97.5 Å². The standard InChI is InChI=1S/C85H140O17P2/c1-5-9-13-17-21-25-29-33-35-37-39-41-43-47-50-54-58-62-66-70-83(88)96-76-81(102-85(90)72-68-64-60-56-52-48-44-42-40-38-36-34-30-26-22-18-14-10-6-2)78-100-104(93,94)98-74-79(86)73-97-103(91,92)99-77-80(101-84(89)71-67-63-59-55-51-46-32-28-24-20-16-12-8-4)75-95-82(87)69-65-61-57-53-49-45-31-27-23-19-15-11-7-3/h9-10,13-14,21-22,25-27,31,33-36,39-42,47-48,50,52,58,60,62,64,79-81,86H,5-8,11-12,15-20,23-24,28-30,32,37-38,43-46,49,51,53-57,59,61,63,65-78H2,1-4H3,(H,91,92)(H,93,94)/b13-9-,14-10-,25-21-,26-22-,31-27-,35-33-,36-34-,41-39-,42-40-,50-47-,52-48-,62-58-,64-60-. The van der Waals surface area contributed by atoms with E-state index in [-0.39, 0.29) is 25.7 Å². The number of allylic oxidation sites excluding steroid dienone is 26. The molecule has 0 saturated heterocycles. The number of phosphoric acid groups is 2. The van der Waals surface area contributed by atoms with Gasteiger partial charge in [0.25, 0.3) is 0 Å². The Bertz CT molecular complexity index is 2590. The first-order valence-electron chi connectivity index (χ1n) is 39.7. The molecule has 0 heterocycles. The van der Waals surface area contributed by atoms with Crippen molar-refractivity contribution in [2.75, 3.05) is 39.6 Å². The van der Waals surface area contributed by atoms with E-state index in [0.29, 0.717) is 38.5 Å². The molecule has 17 nitrogen and oxygen atoms in total. The molecule has 0 aliphatic rings. The van der Waals surface area contributed by atoms with Gasteiger partial charge in [-0.3, -0.25) is 37.3 Å². The third-order valence-electron chi connectivity index (χ3n) is 16.0. The Morgan fingerprint density at radius 2 is 0.519 bits per heavy atom. The van der Waals surface area contributed by atoms with E-state index >= 15 is 0 Å². The smallest absolute Gasteiger partial charge is 0.462 e. The molecule has 0 saturated carbocycles. The predicted octanol–water partition coefficient (Wildman–Crippen LogP) is 23.2. The van der Waals surface area contributed by atoms with Gasteiger partial charge in [0.2, 0.25) is 0 Å². The number of phosphoric ester groups is 2. The predicted molar refractivity (Wildman–Crippen MR) is 427 cm³/mol. The minimum absolute atomic E-state index is 0.0150. The topological polar surface area (TPSA) is 237 Å². The van der Waals surface area contributed by atoms with Crippen molar-refractivity contribution < 1.29 is 80.2 Å². The summed E-state index contributed by atoms with van der Waals surface area (Å²) < 4.78 is 68.4. The molecular formula is C85H140O17P2. The highest BCUT2D eigenvalue weighted by Gasteiger charge is 2.30. The Morgan fingerprint density at radius 1 is 0.279 bits per heavy atom. The van der Waals surface area contributed by atoms with Gasteiger partial charge in [-0.05, 0) is 128 Å². The summed E-state index contributed by atoms with van der Waals surface area (Å²) in [5, 5.41) is 10.6. The molecule has 104 heavy (non-hydrogen) atoms. The SMILES string of the molecule is CC/C=C\C/C=C\C/C=C\C/C=C\C/C=C\C/C=C\CCC(=O)OCC(COP(=O)(O)OCC(O)COP(=O)(O)OCC(COC(=O)CCCCCCC/C=C\CCCCCC)OC(=O)CCCCCCCCCCCCCCC)OC(=O)CC/C=C\C/C=C\C/C=C\C/C=C\C/C=C\C/C=C\CC. The van der Waals surface area contributed by atoms with Crippen LogP contribution in [0.5, 0.6) is 0 Å². The lowest BCUT2D eigenvalue weighted by molar-refractivity contribution is -0.161. The number of carbonyl (C=O) groups is 4. The Labute approximate surface area is 629 Å². The summed E-state index contributed by atoms with van der Waals surface area (Å²) in [7, 11) is -10.0. The Kier molecular flexibility index (Phi) is 72.0. The maximum atomic E-state index is 13.1. The summed E-state index contributed by atoms with van der Waals surface area (Å²) in [6, 6.07) is 0. The lowest BCUT2D eigenvalue weighted by atomic mass is 10.0. The fraction of sp³-hybridized carbons (Fsp3) is 0.647. The van der Waals surface area contributed by atoms with E-state index in [2.05, 4.69) is 149 Å². The van der Waals surface area contributed by atoms with E-state index in [0.717, 1.165) is 128 Å². The highest BCUT2D eigenvalue weighted by atomic mass is 31.2. The number of esters is 4. The van der Waals surface area contributed by atoms with E-state index in [1.807, 2.05) is 36.5 Å². The molecule has 0 radical (unpaired) electrons. The number of hydrogen-bond acceptors (Lipinski definition) is 15. The average molecular weight is 1500 g/mol. The molecule has 5 atom stereocenters. The summed E-state index contributed by atoms with van der Waals surface area (Å²) in [6.07, 6.45) is 88.3. The highest BCUT2D eigenvalue weighted by Crippen LogP contribution is 2.45. The summed E-state index contributed by atoms with van der Waals surface area (Å²) in [5.41, 5.74) is 0. The van der Waals surface area contributed by atoms with E-state index in [1.54, 1.807) is 0 Å². The Hall–Kier alpha value is -5.32. The van der Waals surface area contributed by atoms with Crippen LogP contribution in [-0.4, -0.2) is 96.7 Å². The van der Waals surface area contributed by atoms with Gasteiger partial charge in [0.05, 0.1) is 26.4 Å². The first-order valence-corrected chi connectivity index (χ1v) is 42.7. The van der Waals surface area contributed by atoms with Crippen LogP contribution < -0.4 is 0 Å². The number of aliphatic hydroxyl groups is 1. The van der Waals surface area contributed by atoms with Gasteiger partial charge in [-0.1, -0.05) is 301 Å². The van der Waals surface area contributed by atoms with Gasteiger partial charge in [0.1, 0.15) is 19.3 Å². The number of hydrogen-bond donors (Lipinski definition) is 3. The van der Waals surface area contributed by atoms with Crippen LogP contribution in [0.2, 0.25) is 0 Å². The minimum atomic E-state index is -5.02. The first-order chi connectivity index (χ1) is 50.7. The zero-order valence-electron chi connectivity index (χ0n) is 64.6. The maximum Gasteiger partial charge on any atom is 0.472 e. The van der Waals surface area contributed by atoms with Crippen molar-refractivity contribution in [2.24, 2.45) is 0 Å². The third kappa shape index (κ3) is 74.9. The monoisotopic (exact) mass is 1490 g/mol. The van der Waals surface area contributed by atoms with E-state index in [1.165, 1.54) is 77.0 Å². The van der Waals surface area contributed by atoms with Crippen LogP contribution in [0.15, 0.2) is 158 Å². The van der Waals surface area contributed by atoms with Gasteiger partial charge in [-0.2, -0.15) is 0 Å². The van der Waals surface area contributed by atoms with Crippen molar-refractivity contribution in [1.29, 1.82) is 0 Å². The van der Waals surface area contributed by atoms with Crippen molar-refractivity contribution in [3.8, 4) is 0 Å². The zero-order valence-corrected chi connectivity index (χ0v) is 66.4. The summed E-state index contributed by atoms with van der Waals surface area (Å²) in [6.45, 7) is 4.45. The van der Waals surface area contributed by atoms with Crippen LogP contribution in [-0.2, 0) is 65.4 Å². The summed E-state index contributed by atoms with van der Waals surface area (Å²) in [4.78, 5) is 72.9. The molecule has 19 heteroatoms. The molecule has 592 valence electrons. The molecule has 0 aliphatic carbocycles. The molecule has 0 amide bonds. The van der Waals surface area contributed by atoms with Gasteiger partial charge in [-0.25, -0.2) is 9.13 Å². The second kappa shape index (κ2) is 75.9. The molecule has 0 aromatic heterocycles. The quantitative estimate of drug-likeness (QED) is 0.0169. The number of ether oxygens (including phenoxy) is 4. The van der Waals surface area contributed by atoms with Crippen molar-refractivity contribution in [2.45, 2.75) is 316 Å². The Balaban J connectivity index is 5.51. The van der Waals surface area contributed by atoms with Gasteiger partial charge in [0, 0.05) is 25.7 Å². The van der Waals surface area contributed by atoms with Crippen molar-refractivity contribution in [3.63, 3.8) is 0 Å². The fourth-order valence-corrected chi connectivity index (χ4v) is 11.6. The number of carbonyl (C=O) groups excluding carboxylic acids is 4. The zero-order chi connectivity index (χ0) is 76.0. The van der Waals surface area contributed by atoms with Crippen LogP contribution in [0.1, 0.15) is 297 Å². The second-order valence-electron chi connectivity index (χ2n) is 25.9. The molecule has 3 N–H and O–H groups in total. The van der Waals surface area contributed by atoms with Crippen LogP contribution in [0.4, 0.5) is 0 Å². The number of unbranched alkanes of at least 4 members (excludes halogenated alkanes) is 21. The van der Waals surface area contributed by atoms with Crippen LogP contribution >= 0.6 is 15.6 Å². The average Bonchev–Trinajstić information content (AvgIpc) is 0.906. The summed E-state index contributed by atoms with van der Waals surface area (Å²) in [5.74, 6) is -2.38. The lowest BCUT2D eigenvalue weighted by Crippen LogP contribution is -2.30. The molecular weight excluding hydrogens is 1350 g/mol. The number of aliphatic hydroxyl groups excluding tert-OH is 1. The highest BCUT2D eigenvalue weighted by molar-refractivity contribution is 7.47. The number of rotatable bonds is 73. The summed E-state index contributed by atoms with van der Waals surface area (Å²) >= 11 is 0. The maximum absolute atomic E-state index is 13.1. The van der Waals surface area contributed by atoms with Gasteiger partial charge >= 0.3 is 39.5 Å². The fourth-order valence-electron chi connectivity index (χ4n) is 10.0. The largest absolute Gasteiger partial charge is 0.472 e. The van der Waals surface area contributed by atoms with Crippen LogP contribution in [0.3, 0.4) is 0 Å². The van der Waals surface area contributed by atoms with Gasteiger partial charge in [0.15, 0.2) is 12.2 Å². The van der Waals surface area contributed by atoms with Crippen molar-refractivity contribution >= 4 is 39.5 Å². The molecule has 0 rings (SSSR count). The molecule has 0 fully saturated rings. The minimum Gasteiger partial charge on any atom is -0.462 e. The van der Waals surface area contributed by atoms with Crippen LogP contribution in [0.25, 0.3) is 0 Å². The Morgan fingerprint density at radius 3 is 0.856 bits per heavy atom. The van der Waals surface area contributed by atoms with Gasteiger partial charge in [-0.15, -0.1) is 0 Å². The van der Waals surface area contributed by atoms with Crippen molar-refractivity contribution in [1.82, 2.24) is 0 Å². The molecule has 0 aliphatic heterocycles. The third-order valence-corrected chi connectivity index (χ3v) is 17.9. The second-order valence-corrected chi connectivity index (χ2v) is 28.8. The molecule has 0 aromatic carbocycles. The van der Waals surface area contributed by atoms with E-state index in [4.69, 9.17) is 37.0 Å². The normalized spacial score (nSPS) is 14.7. The van der Waals surface area contributed by atoms with Gasteiger partial charge < -0.3 is 33.8 Å².